The van der Waals surface area contributed by atoms with Gasteiger partial charge in [-0.15, -0.1) is 0 Å². The Labute approximate surface area is 192 Å². The highest BCUT2D eigenvalue weighted by Gasteiger charge is 2.08. The van der Waals surface area contributed by atoms with Crippen LogP contribution < -0.4 is 5.43 Å². The zero-order valence-corrected chi connectivity index (χ0v) is 18.6. The Morgan fingerprint density at radius 3 is 2.15 bits per heavy atom. The summed E-state index contributed by atoms with van der Waals surface area (Å²) in [6.45, 7) is 4.70. The average molecular weight is 433 g/mol. The third-order valence-electron chi connectivity index (χ3n) is 5.82. The first-order chi connectivity index (χ1) is 16.1. The van der Waals surface area contributed by atoms with Crippen LogP contribution in [0.4, 0.5) is 0 Å². The number of benzene rings is 4. The van der Waals surface area contributed by atoms with Crippen molar-refractivity contribution in [3.63, 3.8) is 0 Å². The number of carbonyl (C=O) groups excluding carboxylic acids is 1. The number of aromatic nitrogens is 2. The molecule has 162 valence electrons. The van der Waals surface area contributed by atoms with E-state index in [-0.39, 0.29) is 5.91 Å². The fraction of sp³-hybridized carbons (Fsp3) is 0.107. The van der Waals surface area contributed by atoms with Crippen molar-refractivity contribution < 1.29 is 4.79 Å². The van der Waals surface area contributed by atoms with Crippen LogP contribution in [0.2, 0.25) is 0 Å². The minimum Gasteiger partial charge on any atom is -0.267 e. The summed E-state index contributed by atoms with van der Waals surface area (Å²) in [4.78, 5) is 12.6. The first kappa shape index (κ1) is 20.6. The summed E-state index contributed by atoms with van der Waals surface area (Å²) >= 11 is 0. The number of carbonyl (C=O) groups is 1. The molecular formula is C28H24N4O. The van der Waals surface area contributed by atoms with E-state index in [0.717, 1.165) is 44.1 Å². The Balaban J connectivity index is 1.34. The average Bonchev–Trinajstić information content (AvgIpc) is 3.15. The van der Waals surface area contributed by atoms with E-state index in [9.17, 15) is 4.79 Å². The van der Waals surface area contributed by atoms with E-state index in [2.05, 4.69) is 52.0 Å². The Kier molecular flexibility index (Phi) is 5.45. The van der Waals surface area contributed by atoms with Crippen molar-refractivity contribution in [3.8, 4) is 0 Å². The van der Waals surface area contributed by atoms with E-state index in [1.807, 2.05) is 67.1 Å². The molecule has 0 radical (unpaired) electrons. The summed E-state index contributed by atoms with van der Waals surface area (Å²) in [7, 11) is 0. The van der Waals surface area contributed by atoms with Gasteiger partial charge >= 0.3 is 0 Å². The molecule has 0 atom stereocenters. The molecule has 0 spiro atoms. The SMILES string of the molecule is Cc1cc(C)n(Cc2ccc(C(=O)NN=Cc3c4ccccc4cc4ccccc34)cc2)n1. The van der Waals surface area contributed by atoms with Gasteiger partial charge in [0.25, 0.3) is 5.91 Å². The molecule has 0 saturated heterocycles. The standard InChI is InChI=1S/C28H24N4O/c1-19-15-20(2)32(31-19)18-21-11-13-22(14-12-21)28(33)30-29-17-27-25-9-5-3-7-23(25)16-24-8-4-6-10-26(24)27/h3-17H,18H2,1-2H3,(H,30,33). The van der Waals surface area contributed by atoms with Gasteiger partial charge in [-0.2, -0.15) is 10.2 Å². The fourth-order valence-electron chi connectivity index (χ4n) is 4.18. The van der Waals surface area contributed by atoms with E-state index in [4.69, 9.17) is 0 Å². The highest BCUT2D eigenvalue weighted by atomic mass is 16.2. The second-order valence-corrected chi connectivity index (χ2v) is 8.21. The lowest BCUT2D eigenvalue weighted by molar-refractivity contribution is 0.0955. The number of fused-ring (bicyclic) bond motifs is 2. The van der Waals surface area contributed by atoms with E-state index in [1.165, 1.54) is 0 Å². The van der Waals surface area contributed by atoms with E-state index in [1.54, 1.807) is 6.21 Å². The molecule has 0 unspecified atom stereocenters. The van der Waals surface area contributed by atoms with Crippen molar-refractivity contribution in [1.82, 2.24) is 15.2 Å². The zero-order chi connectivity index (χ0) is 22.8. The topological polar surface area (TPSA) is 59.3 Å². The molecule has 5 rings (SSSR count). The number of amides is 1. The van der Waals surface area contributed by atoms with Crippen LogP contribution >= 0.6 is 0 Å². The summed E-state index contributed by atoms with van der Waals surface area (Å²) in [6.07, 6.45) is 1.74. The van der Waals surface area contributed by atoms with Gasteiger partial charge in [0.15, 0.2) is 0 Å². The predicted molar refractivity (Wildman–Crippen MR) is 134 cm³/mol. The first-order valence-electron chi connectivity index (χ1n) is 10.9. The van der Waals surface area contributed by atoms with Gasteiger partial charge in [0.1, 0.15) is 0 Å². The summed E-state index contributed by atoms with van der Waals surface area (Å²) in [5.41, 5.74) is 7.43. The maximum absolute atomic E-state index is 12.6. The first-order valence-corrected chi connectivity index (χ1v) is 10.9. The van der Waals surface area contributed by atoms with Gasteiger partial charge in [-0.05, 0) is 65.2 Å². The molecule has 4 aromatic carbocycles. The lowest BCUT2D eigenvalue weighted by Crippen LogP contribution is -2.17. The van der Waals surface area contributed by atoms with Crippen molar-refractivity contribution in [2.75, 3.05) is 0 Å². The third-order valence-corrected chi connectivity index (χ3v) is 5.82. The molecule has 0 fully saturated rings. The molecule has 0 aliphatic heterocycles. The third kappa shape index (κ3) is 4.26. The molecule has 1 amide bonds. The van der Waals surface area contributed by atoms with E-state index in [0.29, 0.717) is 12.1 Å². The molecule has 0 aliphatic rings. The number of hydrogen-bond donors (Lipinski definition) is 1. The lowest BCUT2D eigenvalue weighted by atomic mass is 9.97. The van der Waals surface area contributed by atoms with Crippen LogP contribution in [-0.2, 0) is 6.54 Å². The molecule has 1 heterocycles. The Morgan fingerprint density at radius 2 is 1.55 bits per heavy atom. The van der Waals surface area contributed by atoms with E-state index >= 15 is 0 Å². The Morgan fingerprint density at radius 1 is 0.909 bits per heavy atom. The monoisotopic (exact) mass is 432 g/mol. The minimum absolute atomic E-state index is 0.242. The number of hydrazone groups is 1. The molecule has 33 heavy (non-hydrogen) atoms. The summed E-state index contributed by atoms with van der Waals surface area (Å²) in [5, 5.41) is 13.3. The maximum atomic E-state index is 12.6. The molecule has 5 aromatic rings. The second kappa shape index (κ2) is 8.71. The van der Waals surface area contributed by atoms with Crippen molar-refractivity contribution in [3.05, 3.63) is 113 Å². The minimum atomic E-state index is -0.242. The van der Waals surface area contributed by atoms with Crippen LogP contribution in [0.1, 0.15) is 32.9 Å². The lowest BCUT2D eigenvalue weighted by Gasteiger charge is -2.08. The van der Waals surface area contributed by atoms with Crippen LogP contribution in [0.25, 0.3) is 21.5 Å². The summed E-state index contributed by atoms with van der Waals surface area (Å²) in [6, 6.07) is 28.2. The molecule has 0 aliphatic carbocycles. The highest BCUT2D eigenvalue weighted by molar-refractivity contribution is 6.13. The molecule has 0 bridgehead atoms. The number of nitrogens with one attached hydrogen (secondary N) is 1. The van der Waals surface area contributed by atoms with Crippen LogP contribution in [0.5, 0.6) is 0 Å². The molecular weight excluding hydrogens is 408 g/mol. The van der Waals surface area contributed by atoms with Gasteiger partial charge in [-0.1, -0.05) is 60.7 Å². The van der Waals surface area contributed by atoms with Crippen molar-refractivity contribution in [1.29, 1.82) is 0 Å². The number of aryl methyl sites for hydroxylation is 2. The Bertz CT molecular complexity index is 1440. The predicted octanol–water partition coefficient (Wildman–Crippen LogP) is 5.62. The van der Waals surface area contributed by atoms with Crippen LogP contribution in [0, 0.1) is 13.8 Å². The van der Waals surface area contributed by atoms with Gasteiger partial charge in [0.2, 0.25) is 0 Å². The van der Waals surface area contributed by atoms with E-state index < -0.39 is 0 Å². The van der Waals surface area contributed by atoms with Crippen LogP contribution in [-0.4, -0.2) is 21.9 Å². The van der Waals surface area contributed by atoms with Crippen molar-refractivity contribution in [2.24, 2.45) is 5.10 Å². The van der Waals surface area contributed by atoms with Gasteiger partial charge in [0.05, 0.1) is 18.5 Å². The van der Waals surface area contributed by atoms with Gasteiger partial charge in [0, 0.05) is 16.8 Å². The maximum Gasteiger partial charge on any atom is 0.271 e. The summed E-state index contributed by atoms with van der Waals surface area (Å²) in [5.74, 6) is -0.242. The largest absolute Gasteiger partial charge is 0.271 e. The van der Waals surface area contributed by atoms with Crippen LogP contribution in [0.3, 0.4) is 0 Å². The Hall–Kier alpha value is -4.25. The van der Waals surface area contributed by atoms with Crippen molar-refractivity contribution >= 4 is 33.7 Å². The summed E-state index contributed by atoms with van der Waals surface area (Å²) < 4.78 is 1.96. The van der Waals surface area contributed by atoms with Gasteiger partial charge in [-0.25, -0.2) is 5.43 Å². The molecule has 5 nitrogen and oxygen atoms in total. The fourth-order valence-corrected chi connectivity index (χ4v) is 4.18. The number of hydrogen-bond acceptors (Lipinski definition) is 3. The van der Waals surface area contributed by atoms with Gasteiger partial charge in [-0.3, -0.25) is 9.48 Å². The normalized spacial score (nSPS) is 11.5. The van der Waals surface area contributed by atoms with Crippen LogP contribution in [0.15, 0.2) is 90.0 Å². The number of rotatable bonds is 5. The molecule has 0 saturated carbocycles. The molecule has 5 heteroatoms. The quantitative estimate of drug-likeness (QED) is 0.223. The molecule has 1 N–H and O–H groups in total. The number of nitrogens with zero attached hydrogens (tertiary/aromatic N) is 3. The zero-order valence-electron chi connectivity index (χ0n) is 18.6. The highest BCUT2D eigenvalue weighted by Crippen LogP contribution is 2.27. The molecule has 1 aromatic heterocycles. The van der Waals surface area contributed by atoms with Crippen molar-refractivity contribution in [2.45, 2.75) is 20.4 Å². The smallest absolute Gasteiger partial charge is 0.267 e. The van der Waals surface area contributed by atoms with Gasteiger partial charge < -0.3 is 0 Å². The second-order valence-electron chi connectivity index (χ2n) is 8.21.